The molecule has 0 radical (unpaired) electrons. The van der Waals surface area contributed by atoms with Crippen molar-refractivity contribution in [2.45, 2.75) is 35.8 Å². The van der Waals surface area contributed by atoms with Gasteiger partial charge in [0.2, 0.25) is 0 Å². The molecular weight excluding hydrogens is 266 g/mol. The SMILES string of the molecule is CNC1(CO)CCC(SCc2ccc(Cl)cc2)C1. The second kappa shape index (κ2) is 6.29. The van der Waals surface area contributed by atoms with Crippen LogP contribution >= 0.6 is 23.4 Å². The largest absolute Gasteiger partial charge is 0.394 e. The zero-order chi connectivity index (χ0) is 13.0. The molecule has 0 bridgehead atoms. The minimum Gasteiger partial charge on any atom is -0.394 e. The Morgan fingerprint density at radius 3 is 2.72 bits per heavy atom. The van der Waals surface area contributed by atoms with Crippen LogP contribution in [0.1, 0.15) is 24.8 Å². The minimum absolute atomic E-state index is 0.0440. The molecule has 0 aliphatic heterocycles. The van der Waals surface area contributed by atoms with Gasteiger partial charge in [0, 0.05) is 21.6 Å². The van der Waals surface area contributed by atoms with E-state index in [9.17, 15) is 5.11 Å². The summed E-state index contributed by atoms with van der Waals surface area (Å²) in [5, 5.41) is 14.2. The van der Waals surface area contributed by atoms with Crippen LogP contribution in [0.5, 0.6) is 0 Å². The third-order valence-corrected chi connectivity index (χ3v) is 5.42. The molecule has 0 heterocycles. The van der Waals surface area contributed by atoms with Gasteiger partial charge in [-0.15, -0.1) is 0 Å². The third-order valence-electron chi connectivity index (χ3n) is 3.80. The molecule has 18 heavy (non-hydrogen) atoms. The Bertz CT molecular complexity index is 378. The van der Waals surface area contributed by atoms with Gasteiger partial charge in [-0.1, -0.05) is 23.7 Å². The van der Waals surface area contributed by atoms with E-state index >= 15 is 0 Å². The summed E-state index contributed by atoms with van der Waals surface area (Å²) in [5.74, 6) is 1.02. The molecule has 1 aromatic rings. The van der Waals surface area contributed by atoms with Crippen molar-refractivity contribution in [1.29, 1.82) is 0 Å². The first-order chi connectivity index (χ1) is 8.67. The van der Waals surface area contributed by atoms with E-state index in [1.54, 1.807) is 0 Å². The number of aliphatic hydroxyl groups is 1. The normalized spacial score (nSPS) is 27.6. The van der Waals surface area contributed by atoms with E-state index in [2.05, 4.69) is 17.4 Å². The highest BCUT2D eigenvalue weighted by molar-refractivity contribution is 7.99. The van der Waals surface area contributed by atoms with Crippen molar-refractivity contribution >= 4 is 23.4 Å². The van der Waals surface area contributed by atoms with E-state index in [1.807, 2.05) is 30.9 Å². The highest BCUT2D eigenvalue weighted by Crippen LogP contribution is 2.37. The van der Waals surface area contributed by atoms with Crippen molar-refractivity contribution < 1.29 is 5.11 Å². The molecule has 1 fully saturated rings. The number of halogens is 1. The highest BCUT2D eigenvalue weighted by atomic mass is 35.5. The molecule has 2 rings (SSSR count). The Morgan fingerprint density at radius 2 is 2.17 bits per heavy atom. The van der Waals surface area contributed by atoms with Crippen molar-refractivity contribution in [2.75, 3.05) is 13.7 Å². The van der Waals surface area contributed by atoms with Gasteiger partial charge in [0.05, 0.1) is 6.61 Å². The van der Waals surface area contributed by atoms with Gasteiger partial charge in [0.1, 0.15) is 0 Å². The molecule has 2 nitrogen and oxygen atoms in total. The molecule has 0 amide bonds. The lowest BCUT2D eigenvalue weighted by Gasteiger charge is -2.26. The predicted octanol–water partition coefficient (Wildman–Crippen LogP) is 3.08. The summed E-state index contributed by atoms with van der Waals surface area (Å²) in [7, 11) is 1.95. The van der Waals surface area contributed by atoms with Crippen LogP contribution in [-0.2, 0) is 5.75 Å². The maximum absolute atomic E-state index is 9.46. The van der Waals surface area contributed by atoms with Crippen molar-refractivity contribution in [3.63, 3.8) is 0 Å². The van der Waals surface area contributed by atoms with Gasteiger partial charge in [-0.25, -0.2) is 0 Å². The predicted molar refractivity (Wildman–Crippen MR) is 79.3 cm³/mol. The summed E-state index contributed by atoms with van der Waals surface area (Å²) in [4.78, 5) is 0. The second-order valence-electron chi connectivity index (χ2n) is 4.99. The first-order valence-electron chi connectivity index (χ1n) is 6.33. The van der Waals surface area contributed by atoms with Crippen LogP contribution in [0, 0.1) is 0 Å². The van der Waals surface area contributed by atoms with Crippen LogP contribution in [0.25, 0.3) is 0 Å². The summed E-state index contributed by atoms with van der Waals surface area (Å²) in [6, 6.07) is 8.05. The summed E-state index contributed by atoms with van der Waals surface area (Å²) < 4.78 is 0. The van der Waals surface area contributed by atoms with E-state index in [-0.39, 0.29) is 12.1 Å². The van der Waals surface area contributed by atoms with E-state index < -0.39 is 0 Å². The van der Waals surface area contributed by atoms with E-state index in [4.69, 9.17) is 11.6 Å². The number of thioether (sulfide) groups is 1. The molecule has 4 heteroatoms. The fourth-order valence-corrected chi connectivity index (χ4v) is 3.93. The number of likely N-dealkylation sites (N-methyl/N-ethyl adjacent to an activating group) is 1. The summed E-state index contributed by atoms with van der Waals surface area (Å²) >= 11 is 7.85. The first-order valence-corrected chi connectivity index (χ1v) is 7.76. The summed E-state index contributed by atoms with van der Waals surface area (Å²) in [5.41, 5.74) is 1.27. The standard InChI is InChI=1S/C14H20ClNOS/c1-16-14(10-17)7-6-13(8-14)18-9-11-2-4-12(15)5-3-11/h2-5,13,16-17H,6-10H2,1H3. The molecule has 0 saturated heterocycles. The number of hydrogen-bond donors (Lipinski definition) is 2. The Morgan fingerprint density at radius 1 is 1.44 bits per heavy atom. The number of rotatable bonds is 5. The van der Waals surface area contributed by atoms with Crippen LogP contribution in [0.2, 0.25) is 5.02 Å². The van der Waals surface area contributed by atoms with Crippen LogP contribution in [0.4, 0.5) is 0 Å². The summed E-state index contributed by atoms with van der Waals surface area (Å²) in [6.45, 7) is 0.238. The zero-order valence-electron chi connectivity index (χ0n) is 10.7. The number of nitrogens with one attached hydrogen (secondary N) is 1. The Kier molecular flexibility index (Phi) is 4.96. The molecule has 1 aromatic carbocycles. The molecule has 0 spiro atoms. The average molecular weight is 286 g/mol. The van der Waals surface area contributed by atoms with Crippen LogP contribution in [0.15, 0.2) is 24.3 Å². The van der Waals surface area contributed by atoms with Crippen LogP contribution < -0.4 is 5.32 Å². The average Bonchev–Trinajstić information content (AvgIpc) is 2.82. The molecule has 2 N–H and O–H groups in total. The monoisotopic (exact) mass is 285 g/mol. The van der Waals surface area contributed by atoms with Crippen molar-refractivity contribution in [2.24, 2.45) is 0 Å². The zero-order valence-corrected chi connectivity index (χ0v) is 12.2. The quantitative estimate of drug-likeness (QED) is 0.872. The highest BCUT2D eigenvalue weighted by Gasteiger charge is 2.37. The molecule has 1 aliphatic rings. The van der Waals surface area contributed by atoms with Gasteiger partial charge in [-0.05, 0) is 44.0 Å². The van der Waals surface area contributed by atoms with E-state index in [0.29, 0.717) is 5.25 Å². The Balaban J connectivity index is 1.83. The van der Waals surface area contributed by atoms with Gasteiger partial charge in [0.25, 0.3) is 0 Å². The third kappa shape index (κ3) is 3.41. The second-order valence-corrected chi connectivity index (χ2v) is 6.72. The topological polar surface area (TPSA) is 32.3 Å². The molecular formula is C14H20ClNOS. The maximum atomic E-state index is 9.46. The first kappa shape index (κ1) is 14.2. The molecule has 1 aliphatic carbocycles. The lowest BCUT2D eigenvalue weighted by atomic mass is 10.00. The van der Waals surface area contributed by atoms with E-state index in [0.717, 1.165) is 23.6 Å². The maximum Gasteiger partial charge on any atom is 0.0613 e. The van der Waals surface area contributed by atoms with Gasteiger partial charge in [0.15, 0.2) is 0 Å². The number of benzene rings is 1. The molecule has 0 aromatic heterocycles. The van der Waals surface area contributed by atoms with Crippen molar-refractivity contribution in [3.05, 3.63) is 34.9 Å². The lowest BCUT2D eigenvalue weighted by molar-refractivity contribution is 0.173. The molecule has 1 saturated carbocycles. The smallest absolute Gasteiger partial charge is 0.0613 e. The lowest BCUT2D eigenvalue weighted by Crippen LogP contribution is -2.44. The Hall–Kier alpha value is -0.220. The van der Waals surface area contributed by atoms with Gasteiger partial charge in [-0.2, -0.15) is 11.8 Å². The van der Waals surface area contributed by atoms with Crippen molar-refractivity contribution in [1.82, 2.24) is 5.32 Å². The Labute approximate surface area is 118 Å². The number of hydrogen-bond acceptors (Lipinski definition) is 3. The minimum atomic E-state index is -0.0440. The van der Waals surface area contributed by atoms with Crippen LogP contribution in [0.3, 0.4) is 0 Å². The van der Waals surface area contributed by atoms with Gasteiger partial charge in [-0.3, -0.25) is 0 Å². The van der Waals surface area contributed by atoms with Crippen LogP contribution in [-0.4, -0.2) is 29.5 Å². The summed E-state index contributed by atoms with van der Waals surface area (Å²) in [6.07, 6.45) is 3.30. The van der Waals surface area contributed by atoms with E-state index in [1.165, 1.54) is 12.0 Å². The number of aliphatic hydroxyl groups excluding tert-OH is 1. The van der Waals surface area contributed by atoms with Gasteiger partial charge < -0.3 is 10.4 Å². The molecule has 2 atom stereocenters. The fourth-order valence-electron chi connectivity index (χ4n) is 2.46. The molecule has 2 unspecified atom stereocenters. The molecule has 100 valence electrons. The van der Waals surface area contributed by atoms with Gasteiger partial charge >= 0.3 is 0 Å². The van der Waals surface area contributed by atoms with Crippen molar-refractivity contribution in [3.8, 4) is 0 Å². The fraction of sp³-hybridized carbons (Fsp3) is 0.571.